The second kappa shape index (κ2) is 2.34. The molecule has 0 radical (unpaired) electrons. The van der Waals surface area contributed by atoms with Crippen LogP contribution in [0, 0.1) is 0 Å². The van der Waals surface area contributed by atoms with Crippen LogP contribution in [0.2, 0.25) is 0 Å². The second-order valence-electron chi connectivity index (χ2n) is 1.08. The first-order valence-corrected chi connectivity index (χ1v) is 1.94. The fraction of sp³-hybridized carbons (Fsp3) is 0.500. The minimum Gasteiger partial charge on any atom is -0.476 e. The molecule has 0 aromatic heterocycles. The van der Waals surface area contributed by atoms with E-state index in [9.17, 15) is 9.59 Å². The summed E-state index contributed by atoms with van der Waals surface area (Å²) in [7, 11) is 0. The van der Waals surface area contributed by atoms with Crippen molar-refractivity contribution in [2.24, 2.45) is 0 Å². The van der Waals surface area contributed by atoms with E-state index in [0.717, 1.165) is 0 Å². The molecule has 0 aromatic carbocycles. The predicted molar refractivity (Wildman–Crippen MR) is 22.9 cm³/mol. The monoisotopic (exact) mass is 103 g/mol. The molecule has 0 bridgehead atoms. The third-order valence-electron chi connectivity index (χ3n) is 0.560. The Morgan fingerprint density at radius 1 is 1.57 bits per heavy atom. The average molecular weight is 103 g/mol. The molecule has 40 valence electrons. The first-order chi connectivity index (χ1) is 3.18. The van der Waals surface area contributed by atoms with Gasteiger partial charge in [-0.1, -0.05) is 6.92 Å². The lowest BCUT2D eigenvalue weighted by Crippen LogP contribution is -2.09. The van der Waals surface area contributed by atoms with Gasteiger partial charge in [0.1, 0.15) is 0 Å². The summed E-state index contributed by atoms with van der Waals surface area (Å²) >= 11 is 0. The molecule has 0 atom stereocenters. The quantitative estimate of drug-likeness (QED) is 0.397. The van der Waals surface area contributed by atoms with E-state index >= 15 is 0 Å². The van der Waals surface area contributed by atoms with Crippen molar-refractivity contribution in [2.75, 3.05) is 0 Å². The van der Waals surface area contributed by atoms with Gasteiger partial charge in [-0.05, 0) is 0 Å². The molecule has 0 spiro atoms. The van der Waals surface area contributed by atoms with E-state index < -0.39 is 11.8 Å². The molecule has 0 aliphatic rings. The highest BCUT2D eigenvalue weighted by molar-refractivity contribution is 6.32. The first kappa shape index (κ1) is 6.14. The smallest absolute Gasteiger partial charge is 0.372 e. The van der Waals surface area contributed by atoms with Crippen molar-refractivity contribution in [2.45, 2.75) is 13.3 Å². The number of carboxylic acid groups (broad SMARTS) is 1. The molecule has 1 N–H and O–H groups in total. The topological polar surface area (TPSA) is 54.4 Å². The van der Waals surface area contributed by atoms with Crippen LogP contribution >= 0.6 is 0 Å². The Balaban J connectivity index is 3.58. The van der Waals surface area contributed by atoms with Gasteiger partial charge in [0.05, 0.1) is 0 Å². The fourth-order valence-electron chi connectivity index (χ4n) is 0.151. The van der Waals surface area contributed by atoms with Crippen molar-refractivity contribution in [3.63, 3.8) is 0 Å². The summed E-state index contributed by atoms with van der Waals surface area (Å²) in [4.78, 5) is 19.5. The summed E-state index contributed by atoms with van der Waals surface area (Å²) in [5.74, 6) is -2.08. The Bertz CT molecular complexity index is 95.1. The Kier molecular flexibility index (Phi) is 2.05. The van der Waals surface area contributed by atoms with E-state index in [4.69, 9.17) is 5.11 Å². The summed E-state index contributed by atoms with van der Waals surface area (Å²) in [6.45, 7) is 1.51. The number of Topliss-reactive ketones (excluding diaryl/α,β-unsaturated/α-hetero) is 1. The van der Waals surface area contributed by atoms with Gasteiger partial charge in [0.15, 0.2) is 0 Å². The maximum atomic E-state index is 9.91. The summed E-state index contributed by atoms with van der Waals surface area (Å²) < 4.78 is 0. The number of carbonyl (C=O) groups is 2. The van der Waals surface area contributed by atoms with Crippen molar-refractivity contribution >= 4 is 11.8 Å². The summed E-state index contributed by atoms with van der Waals surface area (Å²) in [6, 6.07) is 0. The van der Waals surface area contributed by atoms with Crippen molar-refractivity contribution < 1.29 is 14.7 Å². The highest BCUT2D eigenvalue weighted by Gasteiger charge is 2.05. The molecule has 0 saturated heterocycles. The fourth-order valence-corrected chi connectivity index (χ4v) is 0.151. The SMILES string of the molecule is [13CH3]CC(=O)C(=O)O. The molecular weight excluding hydrogens is 97.0 g/mol. The van der Waals surface area contributed by atoms with Crippen molar-refractivity contribution in [1.82, 2.24) is 0 Å². The number of carbonyl (C=O) groups excluding carboxylic acids is 1. The van der Waals surface area contributed by atoms with Crippen LogP contribution in [-0.2, 0) is 9.59 Å². The van der Waals surface area contributed by atoms with Gasteiger partial charge >= 0.3 is 5.97 Å². The van der Waals surface area contributed by atoms with E-state index in [0.29, 0.717) is 0 Å². The van der Waals surface area contributed by atoms with E-state index in [2.05, 4.69) is 0 Å². The minimum absolute atomic E-state index is 0.0787. The highest BCUT2D eigenvalue weighted by atomic mass is 16.4. The first-order valence-electron chi connectivity index (χ1n) is 1.94. The Hall–Kier alpha value is -0.860. The van der Waals surface area contributed by atoms with Crippen molar-refractivity contribution in [3.05, 3.63) is 0 Å². The normalized spacial score (nSPS) is 8.14. The molecule has 7 heavy (non-hydrogen) atoms. The molecule has 0 heterocycles. The van der Waals surface area contributed by atoms with Crippen molar-refractivity contribution in [1.29, 1.82) is 0 Å². The van der Waals surface area contributed by atoms with Gasteiger partial charge in [-0.15, -0.1) is 0 Å². The van der Waals surface area contributed by atoms with Crippen LogP contribution in [0.15, 0.2) is 0 Å². The third kappa shape index (κ3) is 1.92. The number of hydrogen-bond donors (Lipinski definition) is 1. The lowest BCUT2D eigenvalue weighted by atomic mass is 10.4. The second-order valence-corrected chi connectivity index (χ2v) is 1.08. The molecule has 0 saturated carbocycles. The number of carboxylic acids is 1. The zero-order valence-corrected chi connectivity index (χ0v) is 3.97. The van der Waals surface area contributed by atoms with Gasteiger partial charge in [-0.3, -0.25) is 4.79 Å². The van der Waals surface area contributed by atoms with E-state index in [1.807, 2.05) is 0 Å². The number of ketones is 1. The summed E-state index contributed by atoms with van der Waals surface area (Å²) in [5, 5.41) is 7.83. The van der Waals surface area contributed by atoms with Gasteiger partial charge in [0.25, 0.3) is 0 Å². The number of rotatable bonds is 2. The van der Waals surface area contributed by atoms with Crippen LogP contribution in [0.3, 0.4) is 0 Å². The number of hydrogen-bond acceptors (Lipinski definition) is 2. The summed E-state index contributed by atoms with van der Waals surface area (Å²) in [5.41, 5.74) is 0. The standard InChI is InChI=1S/C4H6O3/c1-2-3(5)4(6)7/h2H2,1H3,(H,6,7)/i1+1. The molecule has 0 aliphatic heterocycles. The zero-order valence-electron chi connectivity index (χ0n) is 3.97. The van der Waals surface area contributed by atoms with Crippen LogP contribution in [0.25, 0.3) is 0 Å². The Labute approximate surface area is 41.0 Å². The van der Waals surface area contributed by atoms with Crippen LogP contribution in [0.1, 0.15) is 13.3 Å². The van der Waals surface area contributed by atoms with E-state index in [1.165, 1.54) is 6.92 Å². The van der Waals surface area contributed by atoms with E-state index in [1.54, 1.807) is 0 Å². The maximum absolute atomic E-state index is 9.91. The number of aliphatic carboxylic acids is 1. The molecule has 0 fully saturated rings. The molecule has 0 aromatic rings. The van der Waals surface area contributed by atoms with Gasteiger partial charge in [0, 0.05) is 6.42 Å². The maximum Gasteiger partial charge on any atom is 0.372 e. The Morgan fingerprint density at radius 2 is 2.00 bits per heavy atom. The molecule has 0 rings (SSSR count). The predicted octanol–water partition coefficient (Wildman–Crippen LogP) is 0.0501. The third-order valence-corrected chi connectivity index (χ3v) is 0.560. The van der Waals surface area contributed by atoms with Gasteiger partial charge < -0.3 is 5.11 Å². The molecule has 0 aliphatic carbocycles. The minimum atomic E-state index is -1.34. The van der Waals surface area contributed by atoms with Crippen LogP contribution in [-0.4, -0.2) is 16.9 Å². The molecule has 0 amide bonds. The average Bonchev–Trinajstić information content (AvgIpc) is 1.65. The van der Waals surface area contributed by atoms with Gasteiger partial charge in [-0.25, -0.2) is 4.79 Å². The summed E-state index contributed by atoms with van der Waals surface area (Å²) in [6.07, 6.45) is 0.0787. The zero-order chi connectivity index (χ0) is 5.86. The lowest BCUT2D eigenvalue weighted by Gasteiger charge is -1.80. The molecule has 3 nitrogen and oxygen atoms in total. The lowest BCUT2D eigenvalue weighted by molar-refractivity contribution is -0.148. The van der Waals surface area contributed by atoms with Gasteiger partial charge in [-0.2, -0.15) is 0 Å². The van der Waals surface area contributed by atoms with Crippen LogP contribution < -0.4 is 0 Å². The van der Waals surface area contributed by atoms with Crippen LogP contribution in [0.4, 0.5) is 0 Å². The van der Waals surface area contributed by atoms with Crippen LogP contribution in [0.5, 0.6) is 0 Å². The molecule has 3 heteroatoms. The van der Waals surface area contributed by atoms with Gasteiger partial charge in [0.2, 0.25) is 5.78 Å². The highest BCUT2D eigenvalue weighted by Crippen LogP contribution is 1.76. The van der Waals surface area contributed by atoms with E-state index in [-0.39, 0.29) is 6.42 Å². The Morgan fingerprint density at radius 3 is 2.00 bits per heavy atom. The molecular formula is C4H6O3. The molecule has 0 unspecified atom stereocenters. The van der Waals surface area contributed by atoms with Crippen molar-refractivity contribution in [3.8, 4) is 0 Å². The largest absolute Gasteiger partial charge is 0.476 e.